The van der Waals surface area contributed by atoms with Crippen LogP contribution >= 0.6 is 27.6 Å². The Hall–Kier alpha value is 1.04. The summed E-state index contributed by atoms with van der Waals surface area (Å²) in [4.78, 5) is 4.50. The zero-order valence-corrected chi connectivity index (χ0v) is 7.17. The van der Waals surface area contributed by atoms with Gasteiger partial charge in [-0.05, 0) is 0 Å². The van der Waals surface area contributed by atoms with Gasteiger partial charge < -0.3 is 0 Å². The van der Waals surface area contributed by atoms with Crippen molar-refractivity contribution < 1.29 is 4.18 Å². The zero-order valence-electron chi connectivity index (χ0n) is 4.19. The number of alkyl halides is 2. The van der Waals surface area contributed by atoms with E-state index in [2.05, 4.69) is 9.86 Å². The Morgan fingerprint density at radius 1 is 1.50 bits per heavy atom. The summed E-state index contributed by atoms with van der Waals surface area (Å²) in [6.07, 6.45) is 0. The van der Waals surface area contributed by atoms with Crippen LogP contribution in [0, 0.1) is 0 Å². The third kappa shape index (κ3) is 5.04. The fraction of sp³-hybridized carbons (Fsp3) is 1.00. The molecule has 0 aromatic rings. The molecule has 0 fully saturated rings. The molecule has 0 aromatic carbocycles. The van der Waals surface area contributed by atoms with Gasteiger partial charge in [-0.1, -0.05) is 0 Å². The molecule has 0 amide bonds. The van der Waals surface area contributed by atoms with E-state index in [4.69, 9.17) is 4.18 Å². The van der Waals surface area contributed by atoms with E-state index in [1.165, 1.54) is 0 Å². The molecule has 0 aliphatic carbocycles. The summed E-state index contributed by atoms with van der Waals surface area (Å²) in [5.74, 6) is 0. The van der Waals surface area contributed by atoms with Gasteiger partial charge in [0.1, 0.15) is 0 Å². The normalized spacial score (nSPS) is 11.5. The van der Waals surface area contributed by atoms with Gasteiger partial charge in [-0.15, -0.1) is 0 Å². The Bertz CT molecular complexity index is 32.0. The van der Waals surface area contributed by atoms with E-state index in [-0.39, 0.29) is 0 Å². The third-order valence-electron chi connectivity index (χ3n) is 0.189. The molecule has 6 heavy (non-hydrogen) atoms. The number of rotatable bonds is 2. The minimum absolute atomic E-state index is 0.613. The molecule has 0 rings (SSSR count). The van der Waals surface area contributed by atoms with Crippen LogP contribution in [0.25, 0.3) is 0 Å². The van der Waals surface area contributed by atoms with Gasteiger partial charge in [0.15, 0.2) is 0 Å². The van der Waals surface area contributed by atoms with Crippen LogP contribution in [0.3, 0.4) is 0 Å². The van der Waals surface area contributed by atoms with Gasteiger partial charge in [0.2, 0.25) is 0 Å². The molecule has 0 N–H and O–H groups in total. The third-order valence-corrected chi connectivity index (χ3v) is 3.80. The van der Waals surface area contributed by atoms with E-state index in [0.29, 0.717) is 0 Å². The summed E-state index contributed by atoms with van der Waals surface area (Å²) < 4.78 is 4.79. The second-order valence-electron chi connectivity index (χ2n) is 0.916. The van der Waals surface area contributed by atoms with Crippen molar-refractivity contribution >= 4 is 27.6 Å². The summed E-state index contributed by atoms with van der Waals surface area (Å²) in [6.45, 7) is 0. The summed E-state index contributed by atoms with van der Waals surface area (Å²) in [7, 11) is 3.37. The van der Waals surface area contributed by atoms with Crippen molar-refractivity contribution in [2.24, 2.45) is 0 Å². The van der Waals surface area contributed by atoms with E-state index >= 15 is 0 Å². The molecule has 0 radical (unpaired) electrons. The predicted octanol–water partition coefficient (Wildman–Crippen LogP) is 1.96. The van der Waals surface area contributed by atoms with Crippen LogP contribution in [0.2, 0.25) is 0 Å². The molecule has 40 valence electrons. The molecular formula is C3H9IOS. The fourth-order valence-electron chi connectivity index (χ4n) is 0.126. The topological polar surface area (TPSA) is 9.23 Å². The maximum atomic E-state index is 4.79. The van der Waals surface area contributed by atoms with Crippen LogP contribution in [0.5, 0.6) is 0 Å². The standard InChI is InChI=1S/C3H9IOS/c1-4(2)6-5-3/h1-3H3. The molecule has 1 nitrogen and oxygen atoms in total. The summed E-state index contributed by atoms with van der Waals surface area (Å²) >= 11 is -0.613. The van der Waals surface area contributed by atoms with Crippen molar-refractivity contribution in [1.29, 1.82) is 0 Å². The maximum absolute atomic E-state index is 4.79. The fourth-order valence-corrected chi connectivity index (χ4v) is 2.54. The summed E-state index contributed by atoms with van der Waals surface area (Å²) in [5, 5.41) is 0. The molecule has 0 unspecified atom stereocenters. The average Bonchev–Trinajstić information content (AvgIpc) is 1.35. The van der Waals surface area contributed by atoms with Crippen molar-refractivity contribution in [3.8, 4) is 0 Å². The SMILES string of the molecule is COSI(C)C. The second kappa shape index (κ2) is 4.21. The van der Waals surface area contributed by atoms with Gasteiger partial charge in [0.05, 0.1) is 0 Å². The first-order valence-electron chi connectivity index (χ1n) is 1.49. The van der Waals surface area contributed by atoms with Gasteiger partial charge >= 0.3 is 48.8 Å². The number of hydrogen-bond acceptors (Lipinski definition) is 2. The summed E-state index contributed by atoms with van der Waals surface area (Å²) in [5.41, 5.74) is 0. The van der Waals surface area contributed by atoms with E-state index in [1.54, 1.807) is 16.3 Å². The molecule has 0 atom stereocenters. The van der Waals surface area contributed by atoms with Crippen molar-refractivity contribution in [1.82, 2.24) is 0 Å². The van der Waals surface area contributed by atoms with E-state index in [1.807, 2.05) is 0 Å². The molecule has 0 saturated heterocycles. The Balaban J connectivity index is 2.63. The van der Waals surface area contributed by atoms with Gasteiger partial charge in [-0.3, -0.25) is 0 Å². The molecule has 0 heterocycles. The van der Waals surface area contributed by atoms with E-state index in [9.17, 15) is 0 Å². The van der Waals surface area contributed by atoms with Crippen molar-refractivity contribution in [3.63, 3.8) is 0 Å². The number of hydrogen-bond donors (Lipinski definition) is 0. The van der Waals surface area contributed by atoms with Gasteiger partial charge in [-0.25, -0.2) is 0 Å². The van der Waals surface area contributed by atoms with Crippen LogP contribution in [0.15, 0.2) is 0 Å². The van der Waals surface area contributed by atoms with Crippen molar-refractivity contribution in [2.75, 3.05) is 17.0 Å². The molecule has 0 aromatic heterocycles. The molecule has 3 heteroatoms. The first-order chi connectivity index (χ1) is 2.77. The second-order valence-corrected chi connectivity index (χ2v) is 10.5. The molecule has 0 bridgehead atoms. The zero-order chi connectivity index (χ0) is 4.99. The van der Waals surface area contributed by atoms with Crippen LogP contribution in [0.4, 0.5) is 0 Å². The Morgan fingerprint density at radius 3 is 2.00 bits per heavy atom. The van der Waals surface area contributed by atoms with Gasteiger partial charge in [0, 0.05) is 0 Å². The Morgan fingerprint density at radius 2 is 2.00 bits per heavy atom. The van der Waals surface area contributed by atoms with Crippen LogP contribution in [0.1, 0.15) is 0 Å². The van der Waals surface area contributed by atoms with Gasteiger partial charge in [0.25, 0.3) is 0 Å². The Labute approximate surface area is 48.9 Å². The monoisotopic (exact) mass is 220 g/mol. The quantitative estimate of drug-likeness (QED) is 0.399. The van der Waals surface area contributed by atoms with Crippen molar-refractivity contribution in [2.45, 2.75) is 0 Å². The molecule has 0 aliphatic rings. The van der Waals surface area contributed by atoms with Gasteiger partial charge in [-0.2, -0.15) is 0 Å². The van der Waals surface area contributed by atoms with E-state index < -0.39 is 18.4 Å². The minimum atomic E-state index is -0.613. The molecule has 0 spiro atoms. The first-order valence-corrected chi connectivity index (χ1v) is 9.08. The van der Waals surface area contributed by atoms with Crippen molar-refractivity contribution in [3.05, 3.63) is 0 Å². The first kappa shape index (κ1) is 7.04. The van der Waals surface area contributed by atoms with Crippen LogP contribution in [-0.2, 0) is 4.18 Å². The predicted molar refractivity (Wildman–Crippen MR) is 40.5 cm³/mol. The summed E-state index contributed by atoms with van der Waals surface area (Å²) in [6, 6.07) is 0. The van der Waals surface area contributed by atoms with E-state index in [0.717, 1.165) is 0 Å². The average molecular weight is 220 g/mol. The molecule has 0 aliphatic heterocycles. The van der Waals surface area contributed by atoms with Crippen LogP contribution in [-0.4, -0.2) is 17.0 Å². The van der Waals surface area contributed by atoms with Crippen LogP contribution < -0.4 is 0 Å². The Kier molecular flexibility index (Phi) is 4.93. The molecular weight excluding hydrogens is 211 g/mol. The number of halogens is 1. The molecule has 0 saturated carbocycles.